The van der Waals surface area contributed by atoms with Crippen LogP contribution in [0.15, 0.2) is 126 Å². The molecule has 0 unspecified atom stereocenters. The lowest BCUT2D eigenvalue weighted by Crippen LogP contribution is -2.55. The summed E-state index contributed by atoms with van der Waals surface area (Å²) in [6.07, 6.45) is 7.14. The normalized spacial score (nSPS) is 25.9. The molecule has 6 aromatic carbocycles. The van der Waals surface area contributed by atoms with Gasteiger partial charge < -0.3 is 4.42 Å². The summed E-state index contributed by atoms with van der Waals surface area (Å²) >= 11 is 0. The first-order valence-electron chi connectivity index (χ1n) is 16.9. The molecule has 216 valence electrons. The molecule has 4 fully saturated rings. The van der Waals surface area contributed by atoms with Crippen molar-refractivity contribution in [2.45, 2.75) is 37.5 Å². The van der Waals surface area contributed by atoms with Crippen molar-refractivity contribution in [2.24, 2.45) is 23.7 Å². The first-order chi connectivity index (χ1) is 22.2. The second-order valence-electron chi connectivity index (χ2n) is 14.5. The Hall–Kier alpha value is -4.62. The standard InChI is InChI=1S/C44H34O/c1-2-8-34-28(6-1)7-5-10-35(34)31-14-17-39-38-16-13-30(24-42(38)45-43(39)25-31)29-12-15-37-36-9-3-4-11-40(36)44(41(37)23-29)32-19-26-18-27(21-32)22-33(44)20-26/h1-17,23-27,32-33H,18-22H2. The molecule has 1 spiro atoms. The van der Waals surface area contributed by atoms with Crippen LogP contribution >= 0.6 is 0 Å². The number of fused-ring (bicyclic) bond motifs is 7. The Morgan fingerprint density at radius 2 is 1.04 bits per heavy atom. The van der Waals surface area contributed by atoms with Crippen molar-refractivity contribution in [1.29, 1.82) is 0 Å². The topological polar surface area (TPSA) is 13.1 Å². The van der Waals surface area contributed by atoms with Crippen LogP contribution in [0, 0.1) is 23.7 Å². The van der Waals surface area contributed by atoms with Gasteiger partial charge in [0, 0.05) is 16.2 Å². The quantitative estimate of drug-likeness (QED) is 0.199. The third kappa shape index (κ3) is 3.24. The number of hydrogen-bond donors (Lipinski definition) is 0. The van der Waals surface area contributed by atoms with Crippen molar-refractivity contribution >= 4 is 32.7 Å². The van der Waals surface area contributed by atoms with Crippen LogP contribution in [0.3, 0.4) is 0 Å². The van der Waals surface area contributed by atoms with Crippen molar-refractivity contribution in [3.05, 3.63) is 132 Å². The number of hydrogen-bond acceptors (Lipinski definition) is 1. The van der Waals surface area contributed by atoms with E-state index in [1.54, 1.807) is 11.1 Å². The van der Waals surface area contributed by atoms with E-state index >= 15 is 0 Å². The van der Waals surface area contributed by atoms with E-state index < -0.39 is 0 Å². The van der Waals surface area contributed by atoms with Gasteiger partial charge in [0.2, 0.25) is 0 Å². The first-order valence-corrected chi connectivity index (χ1v) is 16.9. The predicted octanol–water partition coefficient (Wildman–Crippen LogP) is 11.8. The first kappa shape index (κ1) is 24.7. The van der Waals surface area contributed by atoms with Crippen LogP contribution in [0.4, 0.5) is 0 Å². The Labute approximate surface area is 263 Å². The minimum Gasteiger partial charge on any atom is -0.456 e. The molecule has 45 heavy (non-hydrogen) atoms. The molecule has 5 aliphatic rings. The number of furan rings is 1. The summed E-state index contributed by atoms with van der Waals surface area (Å²) in [5, 5.41) is 4.90. The van der Waals surface area contributed by atoms with Crippen LogP contribution in [-0.4, -0.2) is 0 Å². The summed E-state index contributed by atoms with van der Waals surface area (Å²) in [5.41, 5.74) is 13.3. The van der Waals surface area contributed by atoms with Crippen molar-refractivity contribution in [2.75, 3.05) is 0 Å². The Balaban J connectivity index is 1.04. The van der Waals surface area contributed by atoms with Gasteiger partial charge in [-0.05, 0) is 141 Å². The van der Waals surface area contributed by atoms with Crippen LogP contribution in [0.1, 0.15) is 43.2 Å². The Morgan fingerprint density at radius 3 is 1.87 bits per heavy atom. The highest BCUT2D eigenvalue weighted by Gasteiger charge is 2.61. The van der Waals surface area contributed by atoms with E-state index in [1.165, 1.54) is 87.0 Å². The largest absolute Gasteiger partial charge is 0.456 e. The van der Waals surface area contributed by atoms with E-state index in [2.05, 4.69) is 121 Å². The van der Waals surface area contributed by atoms with E-state index in [4.69, 9.17) is 4.42 Å². The third-order valence-corrected chi connectivity index (χ3v) is 12.5. The van der Waals surface area contributed by atoms with Gasteiger partial charge in [-0.25, -0.2) is 0 Å². The molecule has 12 rings (SSSR count). The summed E-state index contributed by atoms with van der Waals surface area (Å²) < 4.78 is 6.62. The summed E-state index contributed by atoms with van der Waals surface area (Å²) in [5.74, 6) is 3.46. The van der Waals surface area contributed by atoms with Crippen molar-refractivity contribution in [3.8, 4) is 33.4 Å². The van der Waals surface area contributed by atoms with E-state index in [0.717, 1.165) is 34.8 Å². The summed E-state index contributed by atoms with van der Waals surface area (Å²) in [4.78, 5) is 0. The van der Waals surface area contributed by atoms with E-state index in [0.29, 0.717) is 0 Å². The maximum atomic E-state index is 6.62. The molecule has 1 aromatic heterocycles. The highest BCUT2D eigenvalue weighted by Crippen LogP contribution is 2.69. The molecule has 0 N–H and O–H groups in total. The minimum atomic E-state index is 0.191. The molecule has 4 saturated carbocycles. The highest BCUT2D eigenvalue weighted by atomic mass is 16.3. The van der Waals surface area contributed by atoms with Crippen molar-refractivity contribution in [3.63, 3.8) is 0 Å². The lowest BCUT2D eigenvalue weighted by molar-refractivity contribution is -0.0399. The van der Waals surface area contributed by atoms with Crippen LogP contribution < -0.4 is 0 Å². The second-order valence-corrected chi connectivity index (χ2v) is 14.5. The fourth-order valence-corrected chi connectivity index (χ4v) is 10.9. The van der Waals surface area contributed by atoms with Gasteiger partial charge in [-0.15, -0.1) is 0 Å². The molecule has 4 bridgehead atoms. The maximum Gasteiger partial charge on any atom is 0.136 e. The van der Waals surface area contributed by atoms with Gasteiger partial charge >= 0.3 is 0 Å². The van der Waals surface area contributed by atoms with Crippen molar-refractivity contribution in [1.82, 2.24) is 0 Å². The van der Waals surface area contributed by atoms with E-state index in [-0.39, 0.29) is 5.41 Å². The molecule has 0 aliphatic heterocycles. The maximum absolute atomic E-state index is 6.62. The summed E-state index contributed by atoms with van der Waals surface area (Å²) in [6.45, 7) is 0. The molecule has 0 radical (unpaired) electrons. The second kappa shape index (κ2) is 8.76. The molecular weight excluding hydrogens is 544 g/mol. The smallest absolute Gasteiger partial charge is 0.136 e. The zero-order valence-corrected chi connectivity index (χ0v) is 25.3. The molecule has 1 heterocycles. The zero-order valence-electron chi connectivity index (χ0n) is 25.3. The van der Waals surface area contributed by atoms with Crippen LogP contribution in [0.5, 0.6) is 0 Å². The Bertz CT molecular complexity index is 2320. The molecule has 7 aromatic rings. The predicted molar refractivity (Wildman–Crippen MR) is 185 cm³/mol. The van der Waals surface area contributed by atoms with E-state index in [9.17, 15) is 0 Å². The molecular formula is C44H34O. The molecule has 0 amide bonds. The van der Waals surface area contributed by atoms with Gasteiger partial charge in [-0.1, -0.05) is 91.0 Å². The minimum absolute atomic E-state index is 0.191. The lowest BCUT2D eigenvalue weighted by Gasteiger charge is -2.61. The summed E-state index contributed by atoms with van der Waals surface area (Å²) in [7, 11) is 0. The molecule has 1 nitrogen and oxygen atoms in total. The Morgan fingerprint density at radius 1 is 0.444 bits per heavy atom. The van der Waals surface area contributed by atoms with Crippen molar-refractivity contribution < 1.29 is 4.42 Å². The number of benzene rings is 6. The van der Waals surface area contributed by atoms with Gasteiger partial charge in [-0.3, -0.25) is 0 Å². The molecule has 0 atom stereocenters. The van der Waals surface area contributed by atoms with Gasteiger partial charge in [0.1, 0.15) is 11.2 Å². The third-order valence-electron chi connectivity index (χ3n) is 12.5. The lowest BCUT2D eigenvalue weighted by atomic mass is 9.43. The monoisotopic (exact) mass is 578 g/mol. The summed E-state index contributed by atoms with van der Waals surface area (Å²) in [6, 6.07) is 45.5. The van der Waals surface area contributed by atoms with Gasteiger partial charge in [0.05, 0.1) is 0 Å². The zero-order chi connectivity index (χ0) is 29.3. The average molecular weight is 579 g/mol. The molecule has 0 saturated heterocycles. The van der Waals surface area contributed by atoms with Crippen LogP contribution in [-0.2, 0) is 5.41 Å². The van der Waals surface area contributed by atoms with Gasteiger partial charge in [0.15, 0.2) is 0 Å². The van der Waals surface area contributed by atoms with Gasteiger partial charge in [0.25, 0.3) is 0 Å². The fraction of sp³-hybridized carbons (Fsp3) is 0.227. The molecule has 1 heteroatoms. The van der Waals surface area contributed by atoms with Crippen LogP contribution in [0.25, 0.3) is 66.1 Å². The molecule has 5 aliphatic carbocycles. The fourth-order valence-electron chi connectivity index (χ4n) is 10.9. The van der Waals surface area contributed by atoms with E-state index in [1.807, 2.05) is 0 Å². The Kier molecular flexibility index (Phi) is 4.80. The SMILES string of the molecule is c1ccc2c(c1)-c1ccc(-c3ccc4c(c3)oc3cc(-c5cccc6ccccc56)ccc34)cc1C21C2CC3CC(C2)CC1C3. The highest BCUT2D eigenvalue weighted by molar-refractivity contribution is 6.08. The van der Waals surface area contributed by atoms with Gasteiger partial charge in [-0.2, -0.15) is 0 Å². The van der Waals surface area contributed by atoms with Crippen LogP contribution in [0.2, 0.25) is 0 Å². The average Bonchev–Trinajstić information content (AvgIpc) is 3.59. The number of rotatable bonds is 2.